The smallest absolute Gasteiger partial charge is 0.340 e. The molecule has 1 unspecified atom stereocenters. The average molecular weight is 311 g/mol. The van der Waals surface area contributed by atoms with Crippen molar-refractivity contribution >= 4 is 12.2 Å². The third-order valence-corrected chi connectivity index (χ3v) is 3.66. The fourth-order valence-corrected chi connectivity index (χ4v) is 2.50. The van der Waals surface area contributed by atoms with Crippen LogP contribution in [-0.2, 0) is 14.2 Å². The van der Waals surface area contributed by atoms with E-state index in [0.29, 0.717) is 5.56 Å². The summed E-state index contributed by atoms with van der Waals surface area (Å²) < 4.78 is 15.7. The lowest BCUT2D eigenvalue weighted by atomic mass is 10.1. The number of fused-ring (bicyclic) bond motifs is 1. The van der Waals surface area contributed by atoms with E-state index in [0.717, 1.165) is 16.7 Å². The SMILES string of the molecule is COC(OC)c1ccc(C=NC2OC(=O)c3ccccc32)cc1. The third-order valence-electron chi connectivity index (χ3n) is 3.66. The summed E-state index contributed by atoms with van der Waals surface area (Å²) in [5.41, 5.74) is 3.20. The maximum Gasteiger partial charge on any atom is 0.340 e. The van der Waals surface area contributed by atoms with Crippen LogP contribution >= 0.6 is 0 Å². The Labute approximate surface area is 134 Å². The molecule has 0 saturated carbocycles. The summed E-state index contributed by atoms with van der Waals surface area (Å²) >= 11 is 0. The molecule has 5 nitrogen and oxygen atoms in total. The van der Waals surface area contributed by atoms with E-state index in [1.807, 2.05) is 42.5 Å². The largest absolute Gasteiger partial charge is 0.432 e. The molecule has 2 aromatic carbocycles. The molecule has 0 N–H and O–H groups in total. The Morgan fingerprint density at radius 1 is 1.09 bits per heavy atom. The predicted octanol–water partition coefficient (Wildman–Crippen LogP) is 3.27. The molecule has 0 amide bonds. The van der Waals surface area contributed by atoms with E-state index in [2.05, 4.69) is 4.99 Å². The minimum Gasteiger partial charge on any atom is -0.432 e. The lowest BCUT2D eigenvalue weighted by molar-refractivity contribution is -0.106. The van der Waals surface area contributed by atoms with Crippen LogP contribution in [0.3, 0.4) is 0 Å². The topological polar surface area (TPSA) is 57.1 Å². The van der Waals surface area contributed by atoms with Gasteiger partial charge in [0.1, 0.15) is 0 Å². The Kier molecular flexibility index (Phi) is 4.50. The van der Waals surface area contributed by atoms with Crippen molar-refractivity contribution in [3.63, 3.8) is 0 Å². The van der Waals surface area contributed by atoms with Crippen LogP contribution in [0.5, 0.6) is 0 Å². The van der Waals surface area contributed by atoms with Gasteiger partial charge in [0.2, 0.25) is 6.23 Å². The molecule has 1 aliphatic heterocycles. The predicted molar refractivity (Wildman–Crippen MR) is 85.4 cm³/mol. The molecule has 1 aliphatic rings. The Balaban J connectivity index is 1.75. The van der Waals surface area contributed by atoms with Crippen molar-refractivity contribution < 1.29 is 19.0 Å². The second-order valence-electron chi connectivity index (χ2n) is 5.09. The second-order valence-corrected chi connectivity index (χ2v) is 5.09. The first-order chi connectivity index (χ1) is 11.2. The number of benzene rings is 2. The normalized spacial score (nSPS) is 16.8. The van der Waals surface area contributed by atoms with Gasteiger partial charge in [-0.25, -0.2) is 9.79 Å². The highest BCUT2D eigenvalue weighted by Crippen LogP contribution is 2.31. The van der Waals surface area contributed by atoms with Crippen LogP contribution in [-0.4, -0.2) is 26.4 Å². The van der Waals surface area contributed by atoms with Crippen molar-refractivity contribution in [1.82, 2.24) is 0 Å². The van der Waals surface area contributed by atoms with Gasteiger partial charge in [0.05, 0.1) is 5.56 Å². The number of cyclic esters (lactones) is 1. The highest BCUT2D eigenvalue weighted by Gasteiger charge is 2.29. The molecule has 0 fully saturated rings. The Morgan fingerprint density at radius 2 is 1.78 bits per heavy atom. The van der Waals surface area contributed by atoms with Gasteiger partial charge in [-0.1, -0.05) is 42.5 Å². The maximum absolute atomic E-state index is 11.7. The van der Waals surface area contributed by atoms with Crippen LogP contribution in [0.25, 0.3) is 0 Å². The number of hydrogen-bond donors (Lipinski definition) is 0. The number of methoxy groups -OCH3 is 2. The zero-order valence-corrected chi connectivity index (χ0v) is 12.9. The first-order valence-electron chi connectivity index (χ1n) is 7.21. The molecule has 23 heavy (non-hydrogen) atoms. The molecule has 0 bridgehead atoms. The molecule has 0 radical (unpaired) electrons. The first kappa shape index (κ1) is 15.4. The van der Waals surface area contributed by atoms with Gasteiger partial charge in [-0.15, -0.1) is 0 Å². The molecule has 2 aromatic rings. The van der Waals surface area contributed by atoms with E-state index in [-0.39, 0.29) is 12.3 Å². The van der Waals surface area contributed by atoms with Crippen molar-refractivity contribution in [2.45, 2.75) is 12.5 Å². The fraction of sp³-hybridized carbons (Fsp3) is 0.222. The summed E-state index contributed by atoms with van der Waals surface area (Å²) in [6.07, 6.45) is 0.728. The maximum atomic E-state index is 11.7. The molecule has 0 aliphatic carbocycles. The first-order valence-corrected chi connectivity index (χ1v) is 7.21. The van der Waals surface area contributed by atoms with Gasteiger partial charge < -0.3 is 14.2 Å². The molecular weight excluding hydrogens is 294 g/mol. The average Bonchev–Trinajstić information content (AvgIpc) is 2.92. The zero-order valence-electron chi connectivity index (χ0n) is 12.9. The van der Waals surface area contributed by atoms with E-state index in [4.69, 9.17) is 14.2 Å². The molecule has 0 aromatic heterocycles. The number of aliphatic imine (C=N–C) groups is 1. The molecule has 1 heterocycles. The zero-order chi connectivity index (χ0) is 16.2. The Bertz CT molecular complexity index is 720. The number of esters is 1. The Morgan fingerprint density at radius 3 is 2.48 bits per heavy atom. The summed E-state index contributed by atoms with van der Waals surface area (Å²) in [4.78, 5) is 16.1. The van der Waals surface area contributed by atoms with Crippen molar-refractivity contribution in [2.24, 2.45) is 4.99 Å². The third kappa shape index (κ3) is 3.16. The number of carbonyl (C=O) groups excluding carboxylic acids is 1. The fourth-order valence-electron chi connectivity index (χ4n) is 2.50. The van der Waals surface area contributed by atoms with Gasteiger partial charge >= 0.3 is 5.97 Å². The summed E-state index contributed by atoms with van der Waals surface area (Å²) in [5.74, 6) is -0.332. The Hall–Kier alpha value is -2.50. The van der Waals surface area contributed by atoms with Gasteiger partial charge in [-0.3, -0.25) is 0 Å². The highest BCUT2D eigenvalue weighted by molar-refractivity contribution is 5.94. The summed E-state index contributed by atoms with van der Waals surface area (Å²) in [5, 5.41) is 0. The van der Waals surface area contributed by atoms with Crippen LogP contribution in [0.1, 0.15) is 39.6 Å². The lowest BCUT2D eigenvalue weighted by Gasteiger charge is -2.13. The van der Waals surface area contributed by atoms with Crippen LogP contribution in [0.4, 0.5) is 0 Å². The van der Waals surface area contributed by atoms with Crippen LogP contribution in [0, 0.1) is 0 Å². The van der Waals surface area contributed by atoms with Gasteiger partial charge in [-0.2, -0.15) is 0 Å². The summed E-state index contributed by atoms with van der Waals surface area (Å²) in [6, 6.07) is 14.9. The minimum absolute atomic E-state index is 0.332. The van der Waals surface area contributed by atoms with Crippen LogP contribution < -0.4 is 0 Å². The van der Waals surface area contributed by atoms with Crippen molar-refractivity contribution in [3.8, 4) is 0 Å². The van der Waals surface area contributed by atoms with Gasteiger partial charge in [0.15, 0.2) is 6.29 Å². The second kappa shape index (κ2) is 6.73. The van der Waals surface area contributed by atoms with E-state index < -0.39 is 6.23 Å². The number of hydrogen-bond acceptors (Lipinski definition) is 5. The molecule has 118 valence electrons. The lowest BCUT2D eigenvalue weighted by Crippen LogP contribution is -2.03. The summed E-state index contributed by atoms with van der Waals surface area (Å²) in [7, 11) is 3.19. The van der Waals surface area contributed by atoms with Gasteiger partial charge in [0.25, 0.3) is 0 Å². The van der Waals surface area contributed by atoms with Crippen molar-refractivity contribution in [3.05, 3.63) is 70.8 Å². The molecule has 1 atom stereocenters. The molecule has 3 rings (SSSR count). The number of rotatable bonds is 5. The van der Waals surface area contributed by atoms with Crippen molar-refractivity contribution in [2.75, 3.05) is 14.2 Å². The van der Waals surface area contributed by atoms with Crippen LogP contribution in [0.2, 0.25) is 0 Å². The van der Waals surface area contributed by atoms with E-state index in [1.165, 1.54) is 0 Å². The van der Waals surface area contributed by atoms with E-state index in [1.54, 1.807) is 26.5 Å². The number of ether oxygens (including phenoxy) is 3. The van der Waals surface area contributed by atoms with Crippen LogP contribution in [0.15, 0.2) is 53.5 Å². The monoisotopic (exact) mass is 311 g/mol. The van der Waals surface area contributed by atoms with E-state index in [9.17, 15) is 4.79 Å². The molecule has 0 spiro atoms. The minimum atomic E-state index is -0.580. The molecular formula is C18H17NO4. The highest BCUT2D eigenvalue weighted by atomic mass is 16.7. The molecule has 0 saturated heterocycles. The standard InChI is InChI=1S/C18H17NO4/c1-21-18(22-2)13-9-7-12(8-10-13)11-19-16-14-5-3-4-6-15(14)17(20)23-16/h3-11,16,18H,1-2H3. The summed E-state index contributed by atoms with van der Waals surface area (Å²) in [6.45, 7) is 0. The quantitative estimate of drug-likeness (QED) is 0.483. The number of carbonyl (C=O) groups is 1. The molecule has 5 heteroatoms. The number of nitrogens with zero attached hydrogens (tertiary/aromatic N) is 1. The van der Waals surface area contributed by atoms with Gasteiger partial charge in [0, 0.05) is 31.6 Å². The van der Waals surface area contributed by atoms with Crippen molar-refractivity contribution in [1.29, 1.82) is 0 Å². The van der Waals surface area contributed by atoms with E-state index >= 15 is 0 Å². The van der Waals surface area contributed by atoms with Gasteiger partial charge in [-0.05, 0) is 11.6 Å².